The molecule has 15 heavy (non-hydrogen) atoms. The van der Waals surface area contributed by atoms with Gasteiger partial charge in [0.25, 0.3) is 0 Å². The van der Waals surface area contributed by atoms with Gasteiger partial charge >= 0.3 is 0 Å². The molecule has 1 atom stereocenters. The van der Waals surface area contributed by atoms with Gasteiger partial charge in [-0.25, -0.2) is 0 Å². The zero-order valence-electron chi connectivity index (χ0n) is 10.4. The second kappa shape index (κ2) is 11.0. The summed E-state index contributed by atoms with van der Waals surface area (Å²) >= 11 is 4.51. The minimum Gasteiger partial charge on any atom is -0.334 e. The lowest BCUT2D eigenvalue weighted by atomic mass is 10.4. The molecule has 3 heteroatoms. The zero-order valence-corrected chi connectivity index (χ0v) is 12.1. The summed E-state index contributed by atoms with van der Waals surface area (Å²) in [5.74, 6) is 2.50. The minimum atomic E-state index is 0.286. The summed E-state index contributed by atoms with van der Waals surface area (Å²) in [4.78, 5) is 0. The third-order valence-electron chi connectivity index (χ3n) is 2.17. The van der Waals surface area contributed by atoms with Crippen molar-refractivity contribution < 1.29 is 4.74 Å². The highest BCUT2D eigenvalue weighted by Crippen LogP contribution is 2.21. The average Bonchev–Trinajstić information content (AvgIpc) is 2.24. The van der Waals surface area contributed by atoms with E-state index in [1.54, 1.807) is 0 Å². The lowest BCUT2D eigenvalue weighted by molar-refractivity contribution is 0.313. The Morgan fingerprint density at radius 2 is 1.67 bits per heavy atom. The van der Waals surface area contributed by atoms with E-state index in [9.17, 15) is 0 Å². The molecule has 1 nitrogen and oxygen atoms in total. The van der Waals surface area contributed by atoms with E-state index in [0.29, 0.717) is 0 Å². The van der Waals surface area contributed by atoms with Crippen molar-refractivity contribution in [3.8, 4) is 0 Å². The number of ether oxygens (including phenoxy) is 1. The fourth-order valence-corrected chi connectivity index (χ4v) is 3.80. The number of thiol groups is 1. The minimum absolute atomic E-state index is 0.286. The molecule has 0 aliphatic rings. The van der Waals surface area contributed by atoms with Crippen molar-refractivity contribution in [1.29, 1.82) is 0 Å². The van der Waals surface area contributed by atoms with Crippen LogP contribution in [0.5, 0.6) is 0 Å². The molecule has 0 aromatic carbocycles. The Morgan fingerprint density at radius 1 is 1.00 bits per heavy atom. The van der Waals surface area contributed by atoms with Gasteiger partial charge in [0, 0.05) is 0 Å². The maximum Gasteiger partial charge on any atom is 0.130 e. The summed E-state index contributed by atoms with van der Waals surface area (Å²) in [5.41, 5.74) is 0. The van der Waals surface area contributed by atoms with E-state index in [0.717, 1.165) is 17.4 Å². The van der Waals surface area contributed by atoms with Crippen LogP contribution >= 0.6 is 23.1 Å². The molecule has 92 valence electrons. The van der Waals surface area contributed by atoms with Crippen molar-refractivity contribution in [2.75, 3.05) is 18.1 Å². The van der Waals surface area contributed by atoms with Crippen molar-refractivity contribution >= 4 is 27.5 Å². The van der Waals surface area contributed by atoms with E-state index < -0.39 is 0 Å². The van der Waals surface area contributed by atoms with Crippen LogP contribution in [-0.4, -0.2) is 22.5 Å². The summed E-state index contributed by atoms with van der Waals surface area (Å²) in [7, 11) is 0.286. The lowest BCUT2D eigenvalue weighted by Gasteiger charge is -2.12. The summed E-state index contributed by atoms with van der Waals surface area (Å²) < 4.78 is 6.69. The standard InChI is InChI=1S/C12H26OS2/c1-4-7-9-13-12(14)15(10-6-3)11-8-5-2/h14H,4-11H2,1-3H3. The maximum absolute atomic E-state index is 5.69. The Hall–Kier alpha value is 0.530. The molecule has 0 N–H and O–H groups in total. The molecular weight excluding hydrogens is 224 g/mol. The van der Waals surface area contributed by atoms with E-state index in [2.05, 4.69) is 33.4 Å². The second-order valence-electron chi connectivity index (χ2n) is 3.72. The van der Waals surface area contributed by atoms with Crippen LogP contribution < -0.4 is 0 Å². The summed E-state index contributed by atoms with van der Waals surface area (Å²) in [6.45, 7) is 7.50. The summed E-state index contributed by atoms with van der Waals surface area (Å²) in [5, 5.41) is 0. The fourth-order valence-electron chi connectivity index (χ4n) is 1.23. The molecule has 0 saturated heterocycles. The Morgan fingerprint density at radius 3 is 2.20 bits per heavy atom. The van der Waals surface area contributed by atoms with Crippen molar-refractivity contribution in [1.82, 2.24) is 0 Å². The van der Waals surface area contributed by atoms with Gasteiger partial charge < -0.3 is 4.74 Å². The number of hydrogen-bond acceptors (Lipinski definition) is 1. The van der Waals surface area contributed by atoms with Crippen LogP contribution in [0.4, 0.5) is 0 Å². The normalized spacial score (nSPS) is 14.0. The molecule has 0 fully saturated rings. The van der Waals surface area contributed by atoms with E-state index in [-0.39, 0.29) is 10.5 Å². The van der Waals surface area contributed by atoms with Gasteiger partial charge in [0.15, 0.2) is 0 Å². The largest absolute Gasteiger partial charge is 0.334 e. The van der Waals surface area contributed by atoms with Gasteiger partial charge in [0.05, 0.1) is 6.61 Å². The first-order valence-electron chi connectivity index (χ1n) is 6.12. The summed E-state index contributed by atoms with van der Waals surface area (Å²) in [6.07, 6.45) is 6.13. The van der Waals surface area contributed by atoms with Crippen LogP contribution in [0.2, 0.25) is 0 Å². The summed E-state index contributed by atoms with van der Waals surface area (Å²) in [6, 6.07) is 0. The highest BCUT2D eigenvalue weighted by Gasteiger charge is 2.01. The van der Waals surface area contributed by atoms with Gasteiger partial charge in [0.2, 0.25) is 0 Å². The van der Waals surface area contributed by atoms with Crippen LogP contribution in [0.25, 0.3) is 0 Å². The van der Waals surface area contributed by atoms with Crippen LogP contribution in [0.1, 0.15) is 52.9 Å². The SMILES string of the molecule is CCCCOC(S)=S(CCC)CCCC. The molecule has 0 aliphatic heterocycles. The average molecular weight is 250 g/mol. The van der Waals surface area contributed by atoms with Crippen molar-refractivity contribution in [2.24, 2.45) is 0 Å². The lowest BCUT2D eigenvalue weighted by Crippen LogP contribution is -2.03. The van der Waals surface area contributed by atoms with Crippen LogP contribution in [-0.2, 0) is 4.74 Å². The first-order valence-corrected chi connectivity index (χ1v) is 8.13. The van der Waals surface area contributed by atoms with Gasteiger partial charge in [-0.2, -0.15) is 0 Å². The van der Waals surface area contributed by atoms with Crippen molar-refractivity contribution in [2.45, 2.75) is 52.9 Å². The molecule has 0 spiro atoms. The van der Waals surface area contributed by atoms with Gasteiger partial charge in [-0.05, 0) is 30.8 Å². The van der Waals surface area contributed by atoms with E-state index in [1.165, 1.54) is 37.2 Å². The molecule has 0 amide bonds. The first-order chi connectivity index (χ1) is 7.26. The Balaban J connectivity index is 4.06. The molecule has 0 bridgehead atoms. The smallest absolute Gasteiger partial charge is 0.130 e. The fraction of sp³-hybridized carbons (Fsp3) is 0.917. The van der Waals surface area contributed by atoms with Crippen molar-refractivity contribution in [3.05, 3.63) is 0 Å². The topological polar surface area (TPSA) is 9.23 Å². The third kappa shape index (κ3) is 8.35. The van der Waals surface area contributed by atoms with E-state index >= 15 is 0 Å². The molecule has 0 rings (SSSR count). The Labute approximate surface area is 103 Å². The number of hydrogen-bond donors (Lipinski definition) is 1. The van der Waals surface area contributed by atoms with Crippen LogP contribution in [0.3, 0.4) is 0 Å². The first kappa shape index (κ1) is 15.5. The highest BCUT2D eigenvalue weighted by atomic mass is 32.2. The molecule has 0 saturated carbocycles. The van der Waals surface area contributed by atoms with E-state index in [4.69, 9.17) is 4.74 Å². The zero-order chi connectivity index (χ0) is 11.5. The molecule has 0 aromatic heterocycles. The molecule has 0 radical (unpaired) electrons. The number of unbranched alkanes of at least 4 members (excludes halogenated alkanes) is 2. The van der Waals surface area contributed by atoms with Crippen molar-refractivity contribution in [3.63, 3.8) is 0 Å². The molecular formula is C12H26OS2. The van der Waals surface area contributed by atoms with E-state index in [1.807, 2.05) is 0 Å². The van der Waals surface area contributed by atoms with Crippen LogP contribution in [0, 0.1) is 0 Å². The van der Waals surface area contributed by atoms with Gasteiger partial charge in [-0.3, -0.25) is 0 Å². The predicted octanol–water partition coefficient (Wildman–Crippen LogP) is 4.30. The van der Waals surface area contributed by atoms with Gasteiger partial charge in [0.1, 0.15) is 4.38 Å². The number of rotatable bonds is 8. The second-order valence-corrected chi connectivity index (χ2v) is 6.60. The molecule has 0 aliphatic carbocycles. The predicted molar refractivity (Wildman–Crippen MR) is 77.4 cm³/mol. The third-order valence-corrected chi connectivity index (χ3v) is 5.36. The highest BCUT2D eigenvalue weighted by molar-refractivity contribution is 8.27. The van der Waals surface area contributed by atoms with Crippen LogP contribution in [0.15, 0.2) is 0 Å². The van der Waals surface area contributed by atoms with Gasteiger partial charge in [-0.15, -0.1) is 23.1 Å². The molecule has 0 heterocycles. The molecule has 1 unspecified atom stereocenters. The quantitative estimate of drug-likeness (QED) is 0.384. The molecule has 0 aromatic rings. The maximum atomic E-state index is 5.69. The Kier molecular flexibility index (Phi) is 11.4. The van der Waals surface area contributed by atoms with Gasteiger partial charge in [-0.1, -0.05) is 33.6 Å². The Bertz CT molecular complexity index is 178. The monoisotopic (exact) mass is 250 g/mol.